The zero-order chi connectivity index (χ0) is 68.9. The van der Waals surface area contributed by atoms with Crippen LogP contribution in [0.5, 0.6) is 0 Å². The number of halogens is 28. The minimum Gasteiger partial charge on any atom is -0.305 e. The molecule has 0 aliphatic rings. The Balaban J connectivity index is 0.000000390. The highest BCUT2D eigenvalue weighted by molar-refractivity contribution is 7.20. The van der Waals surface area contributed by atoms with Crippen molar-refractivity contribution in [3.05, 3.63) is 193 Å². The SMILES string of the molecule is CCCCCCCCCCCCCCCC[NH+](C)c1ccccc1.Fc1c(F)c(F)c2c(F)c([B-](c3c(F)c(F)c4c(F)c(F)c(F)c(F)c4c3F)(c3c(F)c(F)c4c(F)c(F)c(F)c(F)c4c3F)c3c(F)c(F)c4c(F)c(F)c(F)c(F)c4c3F)c(F)c(F)c2c1F. The highest BCUT2D eigenvalue weighted by atomic mass is 19.2. The van der Waals surface area contributed by atoms with Gasteiger partial charge in [-0.25, -0.2) is 123 Å². The summed E-state index contributed by atoms with van der Waals surface area (Å²) >= 11 is 0. The minimum absolute atomic E-state index is 1.27. The Morgan fingerprint density at radius 1 is 0.226 bits per heavy atom. The molecule has 498 valence electrons. The Kier molecular flexibility index (Phi) is 21.3. The summed E-state index contributed by atoms with van der Waals surface area (Å²) in [6.45, 7) is 3.56. The summed E-state index contributed by atoms with van der Waals surface area (Å²) in [5, 5.41) is -25.0. The molecule has 0 aliphatic carbocycles. The van der Waals surface area contributed by atoms with E-state index in [1.54, 1.807) is 4.90 Å². The average molecular weight is 1360 g/mol. The van der Waals surface area contributed by atoms with Crippen molar-refractivity contribution in [1.82, 2.24) is 0 Å². The van der Waals surface area contributed by atoms with E-state index in [-0.39, 0.29) is 0 Å². The highest BCUT2D eigenvalue weighted by Crippen LogP contribution is 2.41. The first-order chi connectivity index (χ1) is 43.8. The molecule has 0 aliphatic heterocycles. The normalized spacial score (nSPS) is 12.4. The Hall–Kier alpha value is -7.92. The quantitative estimate of drug-likeness (QED) is 0.0255. The maximum Gasteiger partial charge on any atom is 0.198 e. The largest absolute Gasteiger partial charge is 0.305 e. The molecule has 1 atom stereocenters. The van der Waals surface area contributed by atoms with Gasteiger partial charge in [0.15, 0.2) is 116 Å². The molecule has 1 N–H and O–H groups in total. The van der Waals surface area contributed by atoms with Crippen LogP contribution in [0.3, 0.4) is 0 Å². The lowest BCUT2D eigenvalue weighted by atomic mass is 9.12. The van der Waals surface area contributed by atoms with Gasteiger partial charge in [-0.2, -0.15) is 0 Å². The summed E-state index contributed by atoms with van der Waals surface area (Å²) in [7, 11) is 2.29. The van der Waals surface area contributed by atoms with Crippen molar-refractivity contribution < 1.29 is 128 Å². The number of hydrogen-bond acceptors (Lipinski definition) is 0. The third kappa shape index (κ3) is 11.7. The number of fused-ring (bicyclic) bond motifs is 4. The van der Waals surface area contributed by atoms with Gasteiger partial charge in [0.25, 0.3) is 0 Å². The van der Waals surface area contributed by atoms with Gasteiger partial charge in [-0.15, -0.1) is 21.9 Å². The molecular formula is C63H42BF28N. The van der Waals surface area contributed by atoms with Crippen molar-refractivity contribution in [2.45, 2.75) is 96.8 Å². The Morgan fingerprint density at radius 2 is 0.409 bits per heavy atom. The van der Waals surface area contributed by atoms with Crippen LogP contribution in [0.4, 0.5) is 129 Å². The second-order valence-electron chi connectivity index (χ2n) is 21.8. The van der Waals surface area contributed by atoms with Gasteiger partial charge >= 0.3 is 0 Å². The van der Waals surface area contributed by atoms with Crippen LogP contribution in [0.15, 0.2) is 30.3 Å². The molecule has 0 spiro atoms. The summed E-state index contributed by atoms with van der Waals surface area (Å²) in [5.74, 6) is -102. The number of para-hydroxylation sites is 1. The summed E-state index contributed by atoms with van der Waals surface area (Å²) in [6, 6.07) is 10.9. The zero-order valence-electron chi connectivity index (χ0n) is 47.7. The van der Waals surface area contributed by atoms with Crippen LogP contribution in [0.1, 0.15) is 96.8 Å². The van der Waals surface area contributed by atoms with E-state index in [1.165, 1.54) is 102 Å². The van der Waals surface area contributed by atoms with Gasteiger partial charge in [-0.1, -0.05) is 102 Å². The molecule has 0 saturated heterocycles. The summed E-state index contributed by atoms with van der Waals surface area (Å²) in [4.78, 5) is 1.55. The van der Waals surface area contributed by atoms with Crippen LogP contribution in [-0.4, -0.2) is 19.7 Å². The lowest BCUT2D eigenvalue weighted by Gasteiger charge is -2.45. The molecular weight excluding hydrogens is 1310 g/mol. The first-order valence-electron chi connectivity index (χ1n) is 28.2. The maximum atomic E-state index is 17.4. The summed E-state index contributed by atoms with van der Waals surface area (Å²) in [6.07, 6.45) is 12.2. The molecule has 1 nitrogen and oxygen atoms in total. The zero-order valence-corrected chi connectivity index (χ0v) is 47.7. The molecule has 93 heavy (non-hydrogen) atoms. The smallest absolute Gasteiger partial charge is 0.198 e. The lowest BCUT2D eigenvalue weighted by molar-refractivity contribution is -0.810. The highest BCUT2D eigenvalue weighted by Gasteiger charge is 2.52. The van der Waals surface area contributed by atoms with Gasteiger partial charge in [0, 0.05) is 0 Å². The van der Waals surface area contributed by atoms with Gasteiger partial charge in [-0.3, -0.25) is 0 Å². The Bertz CT molecular complexity index is 3970. The van der Waals surface area contributed by atoms with Crippen LogP contribution < -0.4 is 26.8 Å². The number of quaternary nitrogens is 1. The van der Waals surface area contributed by atoms with Gasteiger partial charge in [0.1, 0.15) is 58.4 Å². The van der Waals surface area contributed by atoms with E-state index >= 15 is 87.8 Å². The van der Waals surface area contributed by atoms with Crippen LogP contribution in [0.25, 0.3) is 43.1 Å². The molecule has 0 radical (unpaired) electrons. The van der Waals surface area contributed by atoms with Crippen LogP contribution in [-0.2, 0) is 0 Å². The average Bonchev–Trinajstić information content (AvgIpc) is 0.670. The lowest BCUT2D eigenvalue weighted by Crippen LogP contribution is -3.03. The number of benzene rings is 9. The molecule has 0 heterocycles. The predicted octanol–water partition coefficient (Wildman–Crippen LogP) is 17.9. The van der Waals surface area contributed by atoms with Crippen molar-refractivity contribution in [1.29, 1.82) is 0 Å². The molecule has 1 unspecified atom stereocenters. The maximum absolute atomic E-state index is 17.4. The number of rotatable bonds is 20. The first-order valence-corrected chi connectivity index (χ1v) is 28.2. The Labute approximate surface area is 507 Å². The summed E-state index contributed by atoms with van der Waals surface area (Å²) < 4.78 is 442. The minimum atomic E-state index is -7.99. The van der Waals surface area contributed by atoms with E-state index in [0.29, 0.717) is 0 Å². The molecule has 9 aromatic carbocycles. The standard InChI is InChI=1S/C40BF28.C23H41N/c42-13-1-5(25(54)37(66)33(62)21(1)50)17(46)29(58)9(13)41(10-14(43)2-6(18(47)30(10)59)26(55)38(67)34(63)22(2)51,11-15(44)3-7(19(48)31(11)60)27(56)39(68)35(64)23(3)52)12-16(45)4-8(20(49)32(12)61)28(57)40(69)36(65)24(4)53;1-3-4-5-6-7-8-9-10-11-12-13-14-15-19-22-24(2)23-20-17-16-18-21-23/h;16-18,20-21H,3-15,19,22H2,1-2H3/q-1;/p+1. The van der Waals surface area contributed by atoms with E-state index in [1.807, 2.05) is 0 Å². The number of unbranched alkanes of at least 4 members (excludes halogenated alkanes) is 13. The van der Waals surface area contributed by atoms with Crippen molar-refractivity contribution >= 4 is 76.8 Å². The van der Waals surface area contributed by atoms with E-state index in [9.17, 15) is 35.1 Å². The van der Waals surface area contributed by atoms with E-state index in [4.69, 9.17) is 0 Å². The van der Waals surface area contributed by atoms with Crippen LogP contribution >= 0.6 is 0 Å². The van der Waals surface area contributed by atoms with Gasteiger partial charge in [0.2, 0.25) is 0 Å². The van der Waals surface area contributed by atoms with E-state index < -0.39 is 234 Å². The second kappa shape index (κ2) is 28.0. The van der Waals surface area contributed by atoms with E-state index in [2.05, 4.69) is 44.3 Å². The summed E-state index contributed by atoms with van der Waals surface area (Å²) in [5.41, 5.74) is -14.4. The van der Waals surface area contributed by atoms with Crippen LogP contribution in [0, 0.1) is 163 Å². The molecule has 30 heteroatoms. The topological polar surface area (TPSA) is 4.44 Å². The first kappa shape index (κ1) is 70.9. The van der Waals surface area contributed by atoms with Crippen molar-refractivity contribution in [2.75, 3.05) is 13.6 Å². The molecule has 9 aromatic rings. The monoisotopic (exact) mass is 1360 g/mol. The number of nitrogens with one attached hydrogen (secondary N) is 1. The third-order valence-corrected chi connectivity index (χ3v) is 16.4. The molecule has 0 amide bonds. The number of hydrogen-bond donors (Lipinski definition) is 1. The van der Waals surface area contributed by atoms with Crippen molar-refractivity contribution in [3.63, 3.8) is 0 Å². The molecule has 0 saturated carbocycles. The fourth-order valence-corrected chi connectivity index (χ4v) is 11.8. The van der Waals surface area contributed by atoms with Crippen molar-refractivity contribution in [2.24, 2.45) is 0 Å². The molecule has 0 bridgehead atoms. The fraction of sp³-hybridized carbons (Fsp3) is 0.270. The molecule has 9 rings (SSSR count). The van der Waals surface area contributed by atoms with E-state index in [0.717, 1.165) is 0 Å². The van der Waals surface area contributed by atoms with Crippen molar-refractivity contribution in [3.8, 4) is 0 Å². The molecule has 0 aromatic heterocycles. The third-order valence-electron chi connectivity index (χ3n) is 16.4. The van der Waals surface area contributed by atoms with Crippen LogP contribution in [0.2, 0.25) is 0 Å². The second-order valence-corrected chi connectivity index (χ2v) is 21.8. The predicted molar refractivity (Wildman–Crippen MR) is 287 cm³/mol. The Morgan fingerprint density at radius 3 is 0.624 bits per heavy atom. The van der Waals surface area contributed by atoms with Gasteiger partial charge in [-0.05, 0) is 25.0 Å². The van der Waals surface area contributed by atoms with Gasteiger partial charge in [0.05, 0.1) is 56.7 Å². The fourth-order valence-electron chi connectivity index (χ4n) is 11.8. The molecule has 0 fully saturated rings. The van der Waals surface area contributed by atoms with Gasteiger partial charge < -0.3 is 4.90 Å².